The van der Waals surface area contributed by atoms with Gasteiger partial charge in [-0.3, -0.25) is 10.1 Å². The van der Waals surface area contributed by atoms with Gasteiger partial charge in [0.05, 0.1) is 0 Å². The molecule has 1 atom stereocenters. The van der Waals surface area contributed by atoms with Gasteiger partial charge in [0.2, 0.25) is 0 Å². The van der Waals surface area contributed by atoms with Gasteiger partial charge < -0.3 is 15.2 Å². The molecule has 0 fully saturated rings. The number of carbonyl (C=O) groups excluding carboxylic acids is 2. The summed E-state index contributed by atoms with van der Waals surface area (Å²) in [4.78, 5) is 36.9. The van der Waals surface area contributed by atoms with Crippen LogP contribution >= 0.6 is 11.6 Å². The minimum atomic E-state index is -1.28. The van der Waals surface area contributed by atoms with Crippen LogP contribution in [0.4, 0.5) is 14.9 Å². The average molecular weight is 589 g/mol. The third-order valence-corrected chi connectivity index (χ3v) is 6.47. The molecule has 4 rings (SSSR count). The fraction of sp³-hybridized carbons (Fsp3) is 0.182. The Bertz CT molecular complexity index is 1600. The van der Waals surface area contributed by atoms with Crippen molar-refractivity contribution in [1.29, 1.82) is 0 Å². The molecule has 0 aliphatic carbocycles. The lowest BCUT2D eigenvalue weighted by Gasteiger charge is -2.19. The number of aliphatic carboxylic acids is 1. The summed E-state index contributed by atoms with van der Waals surface area (Å²) in [5.74, 6) is -2.35. The summed E-state index contributed by atoms with van der Waals surface area (Å²) in [5, 5.41) is 15.5. The van der Waals surface area contributed by atoms with Crippen molar-refractivity contribution in [2.45, 2.75) is 38.8 Å². The Morgan fingerprint density at radius 1 is 0.881 bits per heavy atom. The molecule has 42 heavy (non-hydrogen) atoms. The van der Waals surface area contributed by atoms with Gasteiger partial charge in [-0.15, -0.1) is 0 Å². The van der Waals surface area contributed by atoms with Crippen LogP contribution in [0.1, 0.15) is 36.7 Å². The van der Waals surface area contributed by atoms with Gasteiger partial charge in [0.1, 0.15) is 17.5 Å². The Morgan fingerprint density at radius 2 is 1.55 bits per heavy atom. The van der Waals surface area contributed by atoms with Crippen molar-refractivity contribution in [3.8, 4) is 22.3 Å². The van der Waals surface area contributed by atoms with Gasteiger partial charge in [0.25, 0.3) is 5.91 Å². The summed E-state index contributed by atoms with van der Waals surface area (Å²) in [6.45, 7) is 5.28. The number of carboxylic acid groups (broad SMARTS) is 1. The van der Waals surface area contributed by atoms with Crippen molar-refractivity contribution >= 4 is 35.3 Å². The fourth-order valence-electron chi connectivity index (χ4n) is 4.23. The Labute approximate surface area is 248 Å². The molecule has 4 aromatic carbocycles. The number of carboxylic acids is 1. The van der Waals surface area contributed by atoms with Crippen LogP contribution in [-0.4, -0.2) is 34.7 Å². The van der Waals surface area contributed by atoms with Crippen LogP contribution in [0.2, 0.25) is 5.02 Å². The molecule has 0 bridgehead atoms. The summed E-state index contributed by atoms with van der Waals surface area (Å²) >= 11 is 5.96. The van der Waals surface area contributed by atoms with E-state index < -0.39 is 35.4 Å². The predicted octanol–water partition coefficient (Wildman–Crippen LogP) is 7.59. The minimum absolute atomic E-state index is 0.117. The quantitative estimate of drug-likeness (QED) is 0.197. The number of rotatable bonds is 8. The molecule has 0 radical (unpaired) electrons. The van der Waals surface area contributed by atoms with E-state index in [1.807, 2.05) is 18.2 Å². The molecule has 2 amide bonds. The van der Waals surface area contributed by atoms with E-state index in [4.69, 9.17) is 16.3 Å². The van der Waals surface area contributed by atoms with Gasteiger partial charge in [-0.05, 0) is 85.5 Å². The van der Waals surface area contributed by atoms with E-state index in [9.17, 15) is 19.5 Å². The molecule has 0 saturated carbocycles. The first-order chi connectivity index (χ1) is 19.9. The van der Waals surface area contributed by atoms with Gasteiger partial charge >= 0.3 is 12.1 Å². The number of anilines is 1. The molecule has 0 aromatic heterocycles. The number of hydrogen-bond acceptors (Lipinski definition) is 4. The van der Waals surface area contributed by atoms with Gasteiger partial charge in [-0.1, -0.05) is 60.1 Å². The van der Waals surface area contributed by atoms with Crippen molar-refractivity contribution in [2.75, 3.05) is 5.32 Å². The molecule has 3 N–H and O–H groups in total. The number of nitrogens with one attached hydrogen (secondary N) is 2. The number of amides is 2. The van der Waals surface area contributed by atoms with Crippen LogP contribution in [-0.2, 0) is 16.0 Å². The predicted molar refractivity (Wildman–Crippen MR) is 161 cm³/mol. The first-order valence-electron chi connectivity index (χ1n) is 13.2. The Morgan fingerprint density at radius 3 is 2.17 bits per heavy atom. The molecular formula is C33H30ClFN2O5. The van der Waals surface area contributed by atoms with Crippen LogP contribution in [0.5, 0.6) is 0 Å². The van der Waals surface area contributed by atoms with Crippen molar-refractivity contribution in [3.63, 3.8) is 0 Å². The van der Waals surface area contributed by atoms with Crippen LogP contribution in [0.25, 0.3) is 22.3 Å². The minimum Gasteiger partial charge on any atom is -0.480 e. The summed E-state index contributed by atoms with van der Waals surface area (Å²) in [6.07, 6.45) is -0.714. The van der Waals surface area contributed by atoms with Gasteiger partial charge in [-0.25, -0.2) is 14.0 Å². The van der Waals surface area contributed by atoms with Crippen LogP contribution in [0.15, 0.2) is 91.0 Å². The van der Waals surface area contributed by atoms with E-state index in [2.05, 4.69) is 10.6 Å². The largest absolute Gasteiger partial charge is 0.480 e. The monoisotopic (exact) mass is 588 g/mol. The maximum absolute atomic E-state index is 15.1. The lowest BCUT2D eigenvalue weighted by atomic mass is 9.99. The van der Waals surface area contributed by atoms with E-state index in [1.165, 1.54) is 6.07 Å². The standard InChI is InChI=1S/C33H30ClFN2O5/c1-33(2,3)42-32(41)36-26-14-10-22(11-15-26)27-16-7-20(17-28(27)35)18-29(31(39)40)37-30(38)24-6-4-5-23(19-24)21-8-12-25(34)13-9-21/h4-17,19,29H,18H2,1-3H3,(H,36,41)(H,37,38)(H,39,40)/t29-/m0/s1. The second kappa shape index (κ2) is 12.9. The smallest absolute Gasteiger partial charge is 0.412 e. The molecule has 4 aromatic rings. The van der Waals surface area contributed by atoms with Gasteiger partial charge in [-0.2, -0.15) is 0 Å². The van der Waals surface area contributed by atoms with Crippen molar-refractivity contribution < 1.29 is 28.6 Å². The fourth-order valence-corrected chi connectivity index (χ4v) is 4.36. The van der Waals surface area contributed by atoms with E-state index in [1.54, 1.807) is 87.5 Å². The van der Waals surface area contributed by atoms with Crippen molar-refractivity contribution in [1.82, 2.24) is 5.32 Å². The Kier molecular flexibility index (Phi) is 9.28. The number of benzene rings is 4. The lowest BCUT2D eigenvalue weighted by molar-refractivity contribution is -0.139. The zero-order chi connectivity index (χ0) is 30.4. The van der Waals surface area contributed by atoms with Crippen molar-refractivity contribution in [3.05, 3.63) is 113 Å². The third kappa shape index (κ3) is 8.17. The number of halogens is 2. The normalized spacial score (nSPS) is 11.8. The third-order valence-electron chi connectivity index (χ3n) is 6.22. The zero-order valence-corrected chi connectivity index (χ0v) is 24.0. The first kappa shape index (κ1) is 30.3. The topological polar surface area (TPSA) is 105 Å². The maximum atomic E-state index is 15.1. The molecule has 0 heterocycles. The highest BCUT2D eigenvalue weighted by atomic mass is 35.5. The molecule has 7 nitrogen and oxygen atoms in total. The van der Waals surface area contributed by atoms with E-state index in [-0.39, 0.29) is 6.42 Å². The molecule has 9 heteroatoms. The summed E-state index contributed by atoms with van der Waals surface area (Å²) in [7, 11) is 0. The second-order valence-corrected chi connectivity index (χ2v) is 11.1. The molecule has 216 valence electrons. The van der Waals surface area contributed by atoms with Crippen LogP contribution in [0.3, 0.4) is 0 Å². The molecule has 0 aliphatic rings. The van der Waals surface area contributed by atoms with Crippen molar-refractivity contribution in [2.24, 2.45) is 0 Å². The second-order valence-electron chi connectivity index (χ2n) is 10.7. The molecular weight excluding hydrogens is 559 g/mol. The summed E-state index contributed by atoms with van der Waals surface area (Å²) in [6, 6.07) is 23.7. The Hall–Kier alpha value is -4.69. The summed E-state index contributed by atoms with van der Waals surface area (Å²) in [5.41, 5.74) is 3.05. The number of carbonyl (C=O) groups is 3. The SMILES string of the molecule is CC(C)(C)OC(=O)Nc1ccc(-c2ccc(C[C@H](NC(=O)c3cccc(-c4ccc(Cl)cc4)c3)C(=O)O)cc2F)cc1. The number of ether oxygens (including phenoxy) is 1. The average Bonchev–Trinajstić information content (AvgIpc) is 2.92. The lowest BCUT2D eigenvalue weighted by Crippen LogP contribution is -2.42. The highest BCUT2D eigenvalue weighted by Crippen LogP contribution is 2.26. The summed E-state index contributed by atoms with van der Waals surface area (Å²) < 4.78 is 20.3. The molecule has 0 spiro atoms. The highest BCUT2D eigenvalue weighted by molar-refractivity contribution is 6.30. The highest BCUT2D eigenvalue weighted by Gasteiger charge is 2.22. The van der Waals surface area contributed by atoms with E-state index in [0.717, 1.165) is 11.1 Å². The number of hydrogen-bond donors (Lipinski definition) is 3. The van der Waals surface area contributed by atoms with E-state index >= 15 is 4.39 Å². The Balaban J connectivity index is 1.43. The van der Waals surface area contributed by atoms with Crippen LogP contribution in [0, 0.1) is 5.82 Å². The molecule has 0 saturated heterocycles. The van der Waals surface area contributed by atoms with Crippen LogP contribution < -0.4 is 10.6 Å². The van der Waals surface area contributed by atoms with Gasteiger partial charge in [0, 0.05) is 28.3 Å². The molecule has 0 aliphatic heterocycles. The van der Waals surface area contributed by atoms with Gasteiger partial charge in [0.15, 0.2) is 0 Å². The van der Waals surface area contributed by atoms with E-state index in [0.29, 0.717) is 33.0 Å². The zero-order valence-electron chi connectivity index (χ0n) is 23.3. The first-order valence-corrected chi connectivity index (χ1v) is 13.5. The molecule has 0 unspecified atom stereocenters. The maximum Gasteiger partial charge on any atom is 0.412 e.